The molecule has 1 aliphatic heterocycles. The Morgan fingerprint density at radius 3 is 2.80 bits per heavy atom. The summed E-state index contributed by atoms with van der Waals surface area (Å²) < 4.78 is 0. The zero-order chi connectivity index (χ0) is 10.5. The first-order valence-corrected chi connectivity index (χ1v) is 6.12. The van der Waals surface area contributed by atoms with Crippen molar-refractivity contribution in [2.45, 2.75) is 32.1 Å². The Hall–Kier alpha value is -0.820. The average molecular weight is 203 g/mol. The van der Waals surface area contributed by atoms with Gasteiger partial charge in [0.05, 0.1) is 0 Å². The van der Waals surface area contributed by atoms with Crippen LogP contribution in [-0.2, 0) is 0 Å². The molecule has 15 heavy (non-hydrogen) atoms. The van der Waals surface area contributed by atoms with Crippen molar-refractivity contribution in [2.24, 2.45) is 5.92 Å². The quantitative estimate of drug-likeness (QED) is 0.795. The van der Waals surface area contributed by atoms with Crippen molar-refractivity contribution in [3.05, 3.63) is 35.9 Å². The lowest BCUT2D eigenvalue weighted by atomic mass is 9.86. The number of rotatable bonds is 3. The van der Waals surface area contributed by atoms with Gasteiger partial charge in [-0.25, -0.2) is 0 Å². The number of nitrogens with one attached hydrogen (secondary N) is 1. The van der Waals surface area contributed by atoms with Crippen LogP contribution in [0.4, 0.5) is 0 Å². The minimum absolute atomic E-state index is 0.705. The Bertz CT molecular complexity index is 275. The van der Waals surface area contributed by atoms with Crippen molar-refractivity contribution in [3.8, 4) is 0 Å². The first kappa shape index (κ1) is 10.7. The molecule has 2 rings (SSSR count). The maximum atomic E-state index is 3.49. The van der Waals surface area contributed by atoms with E-state index in [0.717, 1.165) is 5.92 Å². The molecule has 1 nitrogen and oxygen atoms in total. The highest BCUT2D eigenvalue weighted by Gasteiger charge is 2.16. The lowest BCUT2D eigenvalue weighted by Gasteiger charge is -2.25. The molecule has 0 spiro atoms. The van der Waals surface area contributed by atoms with Gasteiger partial charge in [-0.1, -0.05) is 37.3 Å². The number of piperidine rings is 1. The number of benzene rings is 1. The third-order valence-electron chi connectivity index (χ3n) is 3.45. The maximum absolute atomic E-state index is 3.49. The van der Waals surface area contributed by atoms with Gasteiger partial charge in [0.15, 0.2) is 0 Å². The van der Waals surface area contributed by atoms with Gasteiger partial charge in [0.1, 0.15) is 0 Å². The highest BCUT2D eigenvalue weighted by molar-refractivity contribution is 5.18. The minimum Gasteiger partial charge on any atom is -0.316 e. The summed E-state index contributed by atoms with van der Waals surface area (Å²) in [6, 6.07) is 10.9. The van der Waals surface area contributed by atoms with Crippen molar-refractivity contribution in [3.63, 3.8) is 0 Å². The minimum atomic E-state index is 0.705. The molecule has 82 valence electrons. The zero-order valence-corrected chi connectivity index (χ0v) is 9.58. The number of hydrogen-bond donors (Lipinski definition) is 1. The van der Waals surface area contributed by atoms with Crippen LogP contribution in [0.15, 0.2) is 30.3 Å². The Balaban J connectivity index is 1.88. The lowest BCUT2D eigenvalue weighted by molar-refractivity contribution is 0.340. The fraction of sp³-hybridized carbons (Fsp3) is 0.571. The van der Waals surface area contributed by atoms with Crippen molar-refractivity contribution in [2.75, 3.05) is 13.1 Å². The van der Waals surface area contributed by atoms with Gasteiger partial charge in [-0.2, -0.15) is 0 Å². The van der Waals surface area contributed by atoms with E-state index in [1.807, 2.05) is 0 Å². The highest BCUT2D eigenvalue weighted by Crippen LogP contribution is 2.26. The fourth-order valence-corrected chi connectivity index (χ4v) is 2.54. The van der Waals surface area contributed by atoms with E-state index in [1.165, 1.54) is 37.9 Å². The van der Waals surface area contributed by atoms with E-state index in [2.05, 4.69) is 42.6 Å². The molecule has 1 heterocycles. The molecule has 1 aliphatic rings. The van der Waals surface area contributed by atoms with Gasteiger partial charge in [-0.15, -0.1) is 0 Å². The smallest absolute Gasteiger partial charge is 0.00203 e. The summed E-state index contributed by atoms with van der Waals surface area (Å²) in [5, 5.41) is 3.49. The summed E-state index contributed by atoms with van der Waals surface area (Å²) in [7, 11) is 0. The lowest BCUT2D eigenvalue weighted by Crippen LogP contribution is -2.30. The molecule has 1 heteroatoms. The third kappa shape index (κ3) is 3.07. The third-order valence-corrected chi connectivity index (χ3v) is 3.45. The molecule has 0 aliphatic carbocycles. The van der Waals surface area contributed by atoms with E-state index in [-0.39, 0.29) is 0 Å². The zero-order valence-electron chi connectivity index (χ0n) is 9.58. The first-order chi connectivity index (χ1) is 7.36. The second-order valence-electron chi connectivity index (χ2n) is 4.76. The first-order valence-electron chi connectivity index (χ1n) is 6.12. The van der Waals surface area contributed by atoms with Gasteiger partial charge in [0.25, 0.3) is 0 Å². The van der Waals surface area contributed by atoms with Crippen molar-refractivity contribution < 1.29 is 0 Å². The maximum Gasteiger partial charge on any atom is -0.00203 e. The molecule has 0 aromatic heterocycles. The number of hydrogen-bond acceptors (Lipinski definition) is 1. The second kappa shape index (κ2) is 5.32. The van der Waals surface area contributed by atoms with Crippen LogP contribution >= 0.6 is 0 Å². The molecule has 1 aromatic rings. The van der Waals surface area contributed by atoms with E-state index < -0.39 is 0 Å². The predicted molar refractivity (Wildman–Crippen MR) is 65.1 cm³/mol. The van der Waals surface area contributed by atoms with E-state index >= 15 is 0 Å². The molecule has 0 amide bonds. The van der Waals surface area contributed by atoms with Gasteiger partial charge in [0.2, 0.25) is 0 Å². The normalized spacial score (nSPS) is 23.7. The summed E-state index contributed by atoms with van der Waals surface area (Å²) in [5.74, 6) is 1.59. The summed E-state index contributed by atoms with van der Waals surface area (Å²) in [6.45, 7) is 4.79. The van der Waals surface area contributed by atoms with E-state index in [9.17, 15) is 0 Å². The van der Waals surface area contributed by atoms with Gasteiger partial charge < -0.3 is 5.32 Å². The van der Waals surface area contributed by atoms with Crippen molar-refractivity contribution >= 4 is 0 Å². The molecule has 0 saturated carbocycles. The molecular weight excluding hydrogens is 182 g/mol. The van der Waals surface area contributed by atoms with Crippen LogP contribution in [0.5, 0.6) is 0 Å². The Labute approximate surface area is 92.9 Å². The summed E-state index contributed by atoms with van der Waals surface area (Å²) in [4.78, 5) is 0. The molecular formula is C14H21N. The highest BCUT2D eigenvalue weighted by atomic mass is 14.9. The van der Waals surface area contributed by atoms with Crippen LogP contribution < -0.4 is 5.32 Å². The van der Waals surface area contributed by atoms with Gasteiger partial charge in [-0.3, -0.25) is 0 Å². The molecule has 0 bridgehead atoms. The molecule has 1 aromatic carbocycles. The molecule has 1 fully saturated rings. The topological polar surface area (TPSA) is 12.0 Å². The molecule has 1 saturated heterocycles. The molecule has 0 unspecified atom stereocenters. The van der Waals surface area contributed by atoms with Crippen LogP contribution in [0.3, 0.4) is 0 Å². The summed E-state index contributed by atoms with van der Waals surface area (Å²) >= 11 is 0. The van der Waals surface area contributed by atoms with Gasteiger partial charge in [0, 0.05) is 0 Å². The van der Waals surface area contributed by atoms with Crippen molar-refractivity contribution in [1.82, 2.24) is 5.32 Å². The predicted octanol–water partition coefficient (Wildman–Crippen LogP) is 3.18. The van der Waals surface area contributed by atoms with Crippen LogP contribution in [0, 0.1) is 5.92 Å². The standard InChI is InChI=1S/C14H21N/c1-12(14-7-3-2-4-8-14)10-13-6-5-9-15-11-13/h2-4,7-8,12-13,15H,5-6,9-11H2,1H3/t12-,13+/m0/s1. The van der Waals surface area contributed by atoms with E-state index in [0.29, 0.717) is 5.92 Å². The van der Waals surface area contributed by atoms with Crippen LogP contribution in [0.2, 0.25) is 0 Å². The summed E-state index contributed by atoms with van der Waals surface area (Å²) in [6.07, 6.45) is 4.09. The molecule has 0 radical (unpaired) electrons. The average Bonchev–Trinajstić information content (AvgIpc) is 2.31. The summed E-state index contributed by atoms with van der Waals surface area (Å²) in [5.41, 5.74) is 1.49. The van der Waals surface area contributed by atoms with E-state index in [4.69, 9.17) is 0 Å². The SMILES string of the molecule is C[C@@H](C[C@H]1CCCNC1)c1ccccc1. The fourth-order valence-electron chi connectivity index (χ4n) is 2.54. The molecule has 2 atom stereocenters. The molecule has 1 N–H and O–H groups in total. The van der Waals surface area contributed by atoms with Crippen LogP contribution in [0.1, 0.15) is 37.7 Å². The van der Waals surface area contributed by atoms with Crippen LogP contribution in [-0.4, -0.2) is 13.1 Å². The Kier molecular flexibility index (Phi) is 3.79. The second-order valence-corrected chi connectivity index (χ2v) is 4.76. The monoisotopic (exact) mass is 203 g/mol. The van der Waals surface area contributed by atoms with E-state index in [1.54, 1.807) is 0 Å². The van der Waals surface area contributed by atoms with Crippen molar-refractivity contribution in [1.29, 1.82) is 0 Å². The van der Waals surface area contributed by atoms with Gasteiger partial charge in [-0.05, 0) is 49.8 Å². The van der Waals surface area contributed by atoms with Gasteiger partial charge >= 0.3 is 0 Å². The largest absolute Gasteiger partial charge is 0.316 e. The Morgan fingerprint density at radius 1 is 1.33 bits per heavy atom. The van der Waals surface area contributed by atoms with Crippen LogP contribution in [0.25, 0.3) is 0 Å². The Morgan fingerprint density at radius 2 is 2.13 bits per heavy atom.